The average Bonchev–Trinajstić information content (AvgIpc) is 2.55. The molecule has 0 aliphatic heterocycles. The Bertz CT molecular complexity index is 846. The van der Waals surface area contributed by atoms with Gasteiger partial charge < -0.3 is 5.32 Å². The van der Waals surface area contributed by atoms with Crippen LogP contribution in [-0.2, 0) is 0 Å². The van der Waals surface area contributed by atoms with Crippen molar-refractivity contribution in [3.05, 3.63) is 72.3 Å². The first-order valence-electron chi connectivity index (χ1n) is 6.98. The van der Waals surface area contributed by atoms with E-state index in [1.807, 2.05) is 30.3 Å². The van der Waals surface area contributed by atoms with E-state index in [4.69, 9.17) is 0 Å². The quantitative estimate of drug-likeness (QED) is 0.649. The van der Waals surface area contributed by atoms with Crippen LogP contribution in [0.1, 0.15) is 10.4 Å². The fourth-order valence-corrected chi connectivity index (χ4v) is 2.98. The molecule has 1 N–H and O–H groups in total. The SMILES string of the molecule is O=C(Nc1ccccc1SC(F)F)c1cccc2ccccc12. The van der Waals surface area contributed by atoms with Crippen LogP contribution < -0.4 is 5.32 Å². The van der Waals surface area contributed by atoms with Crippen LogP contribution in [0.25, 0.3) is 10.8 Å². The highest BCUT2D eigenvalue weighted by Gasteiger charge is 2.14. The van der Waals surface area contributed by atoms with E-state index < -0.39 is 5.76 Å². The lowest BCUT2D eigenvalue weighted by Crippen LogP contribution is -2.13. The summed E-state index contributed by atoms with van der Waals surface area (Å²) in [7, 11) is 0. The number of alkyl halides is 2. The zero-order valence-electron chi connectivity index (χ0n) is 12.0. The number of amides is 1. The highest BCUT2D eigenvalue weighted by molar-refractivity contribution is 7.99. The second kappa shape index (κ2) is 6.79. The Morgan fingerprint density at radius 3 is 2.43 bits per heavy atom. The Morgan fingerprint density at radius 1 is 0.913 bits per heavy atom. The first kappa shape index (κ1) is 15.5. The molecule has 0 saturated heterocycles. The number of hydrogen-bond donors (Lipinski definition) is 1. The zero-order valence-corrected chi connectivity index (χ0v) is 12.8. The normalized spacial score (nSPS) is 10.9. The second-order valence-electron chi connectivity index (χ2n) is 4.86. The van der Waals surface area contributed by atoms with Gasteiger partial charge in [0.15, 0.2) is 0 Å². The highest BCUT2D eigenvalue weighted by Crippen LogP contribution is 2.32. The zero-order chi connectivity index (χ0) is 16.2. The van der Waals surface area contributed by atoms with Crippen LogP contribution in [-0.4, -0.2) is 11.7 Å². The molecule has 0 aliphatic carbocycles. The van der Waals surface area contributed by atoms with Crippen LogP contribution >= 0.6 is 11.8 Å². The molecule has 5 heteroatoms. The molecule has 1 amide bonds. The molecule has 0 spiro atoms. The third-order valence-electron chi connectivity index (χ3n) is 3.39. The van der Waals surface area contributed by atoms with Crippen LogP contribution in [0.2, 0.25) is 0 Å². The Hall–Kier alpha value is -2.40. The predicted molar refractivity (Wildman–Crippen MR) is 90.2 cm³/mol. The highest BCUT2D eigenvalue weighted by atomic mass is 32.2. The van der Waals surface area contributed by atoms with Gasteiger partial charge in [-0.25, -0.2) is 0 Å². The number of carbonyl (C=O) groups is 1. The fraction of sp³-hybridized carbons (Fsp3) is 0.0556. The number of thioether (sulfide) groups is 1. The molecule has 2 nitrogen and oxygen atoms in total. The lowest BCUT2D eigenvalue weighted by atomic mass is 10.0. The van der Waals surface area contributed by atoms with Gasteiger partial charge in [-0.2, -0.15) is 8.78 Å². The minimum Gasteiger partial charge on any atom is -0.321 e. The molecule has 3 aromatic rings. The number of benzene rings is 3. The van der Waals surface area contributed by atoms with Crippen molar-refractivity contribution in [3.63, 3.8) is 0 Å². The summed E-state index contributed by atoms with van der Waals surface area (Å²) in [4.78, 5) is 12.9. The van der Waals surface area contributed by atoms with E-state index in [1.54, 1.807) is 36.4 Å². The van der Waals surface area contributed by atoms with Crippen LogP contribution in [0.3, 0.4) is 0 Å². The lowest BCUT2D eigenvalue weighted by molar-refractivity contribution is 0.102. The van der Waals surface area contributed by atoms with Gasteiger partial charge in [0.05, 0.1) is 5.69 Å². The molecule has 0 radical (unpaired) electrons. The van der Waals surface area contributed by atoms with Crippen molar-refractivity contribution in [1.82, 2.24) is 0 Å². The summed E-state index contributed by atoms with van der Waals surface area (Å²) in [6, 6.07) is 19.6. The van der Waals surface area contributed by atoms with Crippen molar-refractivity contribution >= 4 is 34.1 Å². The second-order valence-corrected chi connectivity index (χ2v) is 5.89. The summed E-state index contributed by atoms with van der Waals surface area (Å²) in [6.07, 6.45) is 0. The number of halogens is 2. The van der Waals surface area contributed by atoms with Crippen molar-refractivity contribution in [3.8, 4) is 0 Å². The summed E-state index contributed by atoms with van der Waals surface area (Å²) in [6.45, 7) is 0. The smallest absolute Gasteiger partial charge is 0.288 e. The maximum absolute atomic E-state index is 12.6. The number of para-hydroxylation sites is 1. The minimum atomic E-state index is -2.54. The monoisotopic (exact) mass is 329 g/mol. The molecular weight excluding hydrogens is 316 g/mol. The van der Waals surface area contributed by atoms with Gasteiger partial charge in [-0.05, 0) is 29.0 Å². The van der Waals surface area contributed by atoms with E-state index >= 15 is 0 Å². The van der Waals surface area contributed by atoms with Gasteiger partial charge >= 0.3 is 0 Å². The van der Waals surface area contributed by atoms with E-state index in [2.05, 4.69) is 5.32 Å². The summed E-state index contributed by atoms with van der Waals surface area (Å²) in [5.74, 6) is -2.85. The number of carbonyl (C=O) groups excluding carboxylic acids is 1. The third kappa shape index (κ3) is 3.51. The van der Waals surface area contributed by atoms with Crippen LogP contribution in [0, 0.1) is 0 Å². The Balaban J connectivity index is 1.93. The molecule has 23 heavy (non-hydrogen) atoms. The number of rotatable bonds is 4. The van der Waals surface area contributed by atoms with Gasteiger partial charge in [0, 0.05) is 10.5 Å². The number of nitrogens with one attached hydrogen (secondary N) is 1. The summed E-state index contributed by atoms with van der Waals surface area (Å²) < 4.78 is 25.2. The van der Waals surface area contributed by atoms with E-state index in [1.165, 1.54) is 0 Å². The van der Waals surface area contributed by atoms with E-state index in [0.717, 1.165) is 10.8 Å². The van der Waals surface area contributed by atoms with Crippen molar-refractivity contribution in [1.29, 1.82) is 0 Å². The fourth-order valence-electron chi connectivity index (χ4n) is 2.38. The van der Waals surface area contributed by atoms with E-state index in [0.29, 0.717) is 27.9 Å². The number of anilines is 1. The molecule has 3 rings (SSSR count). The van der Waals surface area contributed by atoms with E-state index in [-0.39, 0.29) is 5.91 Å². The molecule has 116 valence electrons. The first-order chi connectivity index (χ1) is 11.1. The molecule has 0 aromatic heterocycles. The van der Waals surface area contributed by atoms with Gasteiger partial charge in [-0.1, -0.05) is 60.3 Å². The van der Waals surface area contributed by atoms with Crippen molar-refractivity contribution in [2.24, 2.45) is 0 Å². The average molecular weight is 329 g/mol. The van der Waals surface area contributed by atoms with Crippen LogP contribution in [0.4, 0.5) is 14.5 Å². The topological polar surface area (TPSA) is 29.1 Å². The van der Waals surface area contributed by atoms with Gasteiger partial charge in [0.2, 0.25) is 0 Å². The maximum Gasteiger partial charge on any atom is 0.288 e. The Morgan fingerprint density at radius 2 is 1.61 bits per heavy atom. The Kier molecular flexibility index (Phi) is 4.57. The van der Waals surface area contributed by atoms with Crippen molar-refractivity contribution in [2.75, 3.05) is 5.32 Å². The van der Waals surface area contributed by atoms with Gasteiger partial charge in [-0.15, -0.1) is 0 Å². The van der Waals surface area contributed by atoms with Gasteiger partial charge in [0.25, 0.3) is 11.7 Å². The lowest BCUT2D eigenvalue weighted by Gasteiger charge is -2.11. The molecule has 0 bridgehead atoms. The number of hydrogen-bond acceptors (Lipinski definition) is 2. The standard InChI is InChI=1S/C18H13F2NOS/c19-18(20)23-16-11-4-3-10-15(16)21-17(22)14-9-5-7-12-6-1-2-8-13(12)14/h1-11,18H,(H,21,22). The van der Waals surface area contributed by atoms with Gasteiger partial charge in [-0.3, -0.25) is 4.79 Å². The molecule has 0 heterocycles. The molecular formula is C18H13F2NOS. The number of fused-ring (bicyclic) bond motifs is 1. The minimum absolute atomic E-state index is 0.316. The van der Waals surface area contributed by atoms with Crippen LogP contribution in [0.5, 0.6) is 0 Å². The summed E-state index contributed by atoms with van der Waals surface area (Å²) in [5, 5.41) is 4.51. The molecule has 3 aromatic carbocycles. The largest absolute Gasteiger partial charge is 0.321 e. The predicted octanol–water partition coefficient (Wildman–Crippen LogP) is 5.41. The summed E-state index contributed by atoms with van der Waals surface area (Å²) >= 11 is 0.418. The Labute approximate surface area is 136 Å². The summed E-state index contributed by atoms with van der Waals surface area (Å²) in [5.41, 5.74) is 0.899. The van der Waals surface area contributed by atoms with E-state index in [9.17, 15) is 13.6 Å². The van der Waals surface area contributed by atoms with Gasteiger partial charge in [0.1, 0.15) is 0 Å². The molecule has 0 aliphatic rings. The van der Waals surface area contributed by atoms with Crippen molar-refractivity contribution < 1.29 is 13.6 Å². The molecule has 0 unspecified atom stereocenters. The molecule has 0 fully saturated rings. The van der Waals surface area contributed by atoms with Crippen LogP contribution in [0.15, 0.2) is 71.6 Å². The maximum atomic E-state index is 12.6. The van der Waals surface area contributed by atoms with Crippen molar-refractivity contribution in [2.45, 2.75) is 10.7 Å². The third-order valence-corrected chi connectivity index (χ3v) is 4.17. The molecule has 0 saturated carbocycles. The first-order valence-corrected chi connectivity index (χ1v) is 7.86. The molecule has 0 atom stereocenters.